The minimum absolute atomic E-state index is 0.0534. The summed E-state index contributed by atoms with van der Waals surface area (Å²) in [5.74, 6) is 0.573. The smallest absolute Gasteiger partial charge is 0.230 e. The first-order valence-electron chi connectivity index (χ1n) is 5.82. The Morgan fingerprint density at radius 2 is 2.41 bits per heavy atom. The van der Waals surface area contributed by atoms with Crippen molar-refractivity contribution in [2.45, 2.75) is 31.6 Å². The summed E-state index contributed by atoms with van der Waals surface area (Å²) in [6.07, 6.45) is 0.970. The van der Waals surface area contributed by atoms with Gasteiger partial charge in [0.2, 0.25) is 5.91 Å². The molecule has 1 aromatic heterocycles. The van der Waals surface area contributed by atoms with Gasteiger partial charge in [0.25, 0.3) is 0 Å². The molecule has 1 rings (SSSR count). The first-order chi connectivity index (χ1) is 8.15. The van der Waals surface area contributed by atoms with Crippen LogP contribution in [0.2, 0.25) is 0 Å². The van der Waals surface area contributed by atoms with Crippen LogP contribution in [-0.4, -0.2) is 24.2 Å². The molecule has 1 heterocycles. The molecule has 0 aliphatic rings. The van der Waals surface area contributed by atoms with Crippen LogP contribution in [0.4, 0.5) is 0 Å². The van der Waals surface area contributed by atoms with Crippen molar-refractivity contribution < 1.29 is 4.79 Å². The Morgan fingerprint density at radius 3 is 2.94 bits per heavy atom. The number of rotatable bonds is 7. The molecule has 0 fully saturated rings. The number of hydrogen-bond donors (Lipinski definition) is 2. The molecule has 0 radical (unpaired) electrons. The standard InChI is InChI=1S/C12H20N2OS2/c1-3-6-14-11(15)8-17-12(9(2)13)10-5-4-7-16-10/h4-5,7,9,12H,3,6,8,13H2,1-2H3,(H,14,15). The fraction of sp³-hybridized carbons (Fsp3) is 0.583. The van der Waals surface area contributed by atoms with Crippen LogP contribution in [0.1, 0.15) is 30.4 Å². The van der Waals surface area contributed by atoms with Crippen LogP contribution in [0.25, 0.3) is 0 Å². The predicted octanol–water partition coefficient (Wildman–Crippen LogP) is 2.40. The number of amides is 1. The first kappa shape index (κ1) is 14.5. The summed E-state index contributed by atoms with van der Waals surface area (Å²) >= 11 is 3.32. The number of carbonyl (C=O) groups is 1. The van der Waals surface area contributed by atoms with Crippen molar-refractivity contribution in [2.75, 3.05) is 12.3 Å². The quantitative estimate of drug-likeness (QED) is 0.801. The van der Waals surface area contributed by atoms with Crippen molar-refractivity contribution in [3.05, 3.63) is 22.4 Å². The molecule has 1 amide bonds. The van der Waals surface area contributed by atoms with E-state index in [1.165, 1.54) is 4.88 Å². The number of nitrogens with one attached hydrogen (secondary N) is 1. The van der Waals surface area contributed by atoms with E-state index in [-0.39, 0.29) is 17.2 Å². The van der Waals surface area contributed by atoms with Crippen molar-refractivity contribution in [3.8, 4) is 0 Å². The van der Waals surface area contributed by atoms with Gasteiger partial charge in [-0.1, -0.05) is 13.0 Å². The third-order valence-electron chi connectivity index (χ3n) is 2.27. The third-order valence-corrected chi connectivity index (χ3v) is 4.84. The summed E-state index contributed by atoms with van der Waals surface area (Å²) in [6.45, 7) is 4.78. The molecule has 0 saturated heterocycles. The lowest BCUT2D eigenvalue weighted by atomic mass is 10.2. The Kier molecular flexibility index (Phi) is 6.62. The van der Waals surface area contributed by atoms with Gasteiger partial charge in [-0.05, 0) is 24.8 Å². The fourth-order valence-corrected chi connectivity index (χ4v) is 3.60. The Hall–Kier alpha value is -0.520. The number of thiophene rings is 1. The highest BCUT2D eigenvalue weighted by atomic mass is 32.2. The maximum Gasteiger partial charge on any atom is 0.230 e. The molecule has 17 heavy (non-hydrogen) atoms. The number of thioether (sulfide) groups is 1. The van der Waals surface area contributed by atoms with E-state index >= 15 is 0 Å². The van der Waals surface area contributed by atoms with Gasteiger partial charge < -0.3 is 11.1 Å². The molecule has 0 spiro atoms. The van der Waals surface area contributed by atoms with Crippen LogP contribution < -0.4 is 11.1 Å². The van der Waals surface area contributed by atoms with Gasteiger partial charge in [-0.15, -0.1) is 23.1 Å². The van der Waals surface area contributed by atoms with Crippen molar-refractivity contribution in [2.24, 2.45) is 5.73 Å². The Labute approximate surface area is 111 Å². The van der Waals surface area contributed by atoms with Crippen molar-refractivity contribution >= 4 is 29.0 Å². The number of nitrogens with two attached hydrogens (primary N) is 1. The monoisotopic (exact) mass is 272 g/mol. The summed E-state index contributed by atoms with van der Waals surface area (Å²) in [5, 5.41) is 5.13. The van der Waals surface area contributed by atoms with E-state index in [1.54, 1.807) is 23.1 Å². The fourth-order valence-electron chi connectivity index (χ4n) is 1.43. The van der Waals surface area contributed by atoms with E-state index in [0.29, 0.717) is 5.75 Å². The van der Waals surface area contributed by atoms with E-state index in [2.05, 4.69) is 11.4 Å². The van der Waals surface area contributed by atoms with Gasteiger partial charge in [0.1, 0.15) is 0 Å². The molecule has 0 aliphatic carbocycles. The molecule has 2 unspecified atom stereocenters. The lowest BCUT2D eigenvalue weighted by Gasteiger charge is -2.18. The Bertz CT molecular complexity index is 325. The van der Waals surface area contributed by atoms with Gasteiger partial charge in [-0.2, -0.15) is 0 Å². The molecule has 2 atom stereocenters. The van der Waals surface area contributed by atoms with Gasteiger partial charge in [-0.25, -0.2) is 0 Å². The average Bonchev–Trinajstić information content (AvgIpc) is 2.79. The van der Waals surface area contributed by atoms with E-state index in [0.717, 1.165) is 13.0 Å². The molecule has 5 heteroatoms. The number of hydrogen-bond acceptors (Lipinski definition) is 4. The number of carbonyl (C=O) groups excluding carboxylic acids is 1. The van der Waals surface area contributed by atoms with Crippen LogP contribution in [-0.2, 0) is 4.79 Å². The van der Waals surface area contributed by atoms with Crippen LogP contribution in [0.5, 0.6) is 0 Å². The zero-order chi connectivity index (χ0) is 12.7. The second-order valence-corrected chi connectivity index (χ2v) is 6.07. The highest BCUT2D eigenvalue weighted by Crippen LogP contribution is 2.33. The van der Waals surface area contributed by atoms with E-state index in [1.807, 2.05) is 25.3 Å². The van der Waals surface area contributed by atoms with Crippen LogP contribution in [0, 0.1) is 0 Å². The van der Waals surface area contributed by atoms with E-state index < -0.39 is 0 Å². The molecule has 3 N–H and O–H groups in total. The normalized spacial score (nSPS) is 14.3. The van der Waals surface area contributed by atoms with E-state index in [4.69, 9.17) is 5.73 Å². The van der Waals surface area contributed by atoms with Crippen molar-refractivity contribution in [1.82, 2.24) is 5.32 Å². The van der Waals surface area contributed by atoms with Crippen molar-refractivity contribution in [3.63, 3.8) is 0 Å². The lowest BCUT2D eigenvalue weighted by molar-refractivity contribution is -0.118. The average molecular weight is 272 g/mol. The summed E-state index contributed by atoms with van der Waals surface area (Å²) in [6, 6.07) is 4.15. The van der Waals surface area contributed by atoms with Gasteiger partial charge in [0.15, 0.2) is 0 Å². The summed E-state index contributed by atoms with van der Waals surface area (Å²) in [5.41, 5.74) is 5.97. The molecule has 0 bridgehead atoms. The molecule has 0 saturated carbocycles. The van der Waals surface area contributed by atoms with Gasteiger partial charge in [0, 0.05) is 17.5 Å². The second kappa shape index (κ2) is 7.74. The van der Waals surface area contributed by atoms with Crippen molar-refractivity contribution in [1.29, 1.82) is 0 Å². The third kappa shape index (κ3) is 5.10. The minimum atomic E-state index is 0.0534. The van der Waals surface area contributed by atoms with E-state index in [9.17, 15) is 4.79 Å². The van der Waals surface area contributed by atoms with Crippen LogP contribution >= 0.6 is 23.1 Å². The zero-order valence-electron chi connectivity index (χ0n) is 10.3. The minimum Gasteiger partial charge on any atom is -0.355 e. The molecule has 0 aromatic carbocycles. The topological polar surface area (TPSA) is 55.1 Å². The Balaban J connectivity index is 2.43. The summed E-state index contributed by atoms with van der Waals surface area (Å²) in [7, 11) is 0. The SMILES string of the molecule is CCCNC(=O)CSC(c1cccs1)C(C)N. The van der Waals surface area contributed by atoms with Gasteiger partial charge in [0.05, 0.1) is 11.0 Å². The molecule has 96 valence electrons. The maximum absolute atomic E-state index is 11.5. The molecule has 0 aliphatic heterocycles. The predicted molar refractivity (Wildman–Crippen MR) is 76.5 cm³/mol. The largest absolute Gasteiger partial charge is 0.355 e. The molecule has 1 aromatic rings. The van der Waals surface area contributed by atoms with Crippen LogP contribution in [0.15, 0.2) is 17.5 Å². The molecular formula is C12H20N2OS2. The molecule has 3 nitrogen and oxygen atoms in total. The highest BCUT2D eigenvalue weighted by Gasteiger charge is 2.18. The molecular weight excluding hydrogens is 252 g/mol. The summed E-state index contributed by atoms with van der Waals surface area (Å²) < 4.78 is 0. The zero-order valence-corrected chi connectivity index (χ0v) is 11.9. The maximum atomic E-state index is 11.5. The second-order valence-electron chi connectivity index (χ2n) is 3.96. The van der Waals surface area contributed by atoms with Gasteiger partial charge in [-0.3, -0.25) is 4.79 Å². The van der Waals surface area contributed by atoms with Gasteiger partial charge >= 0.3 is 0 Å². The Morgan fingerprint density at radius 1 is 1.65 bits per heavy atom. The highest BCUT2D eigenvalue weighted by molar-refractivity contribution is 8.00. The van der Waals surface area contributed by atoms with Crippen LogP contribution in [0.3, 0.4) is 0 Å². The summed E-state index contributed by atoms with van der Waals surface area (Å²) in [4.78, 5) is 12.8. The lowest BCUT2D eigenvalue weighted by Crippen LogP contribution is -2.28. The first-order valence-corrected chi connectivity index (χ1v) is 7.75.